The second-order valence-corrected chi connectivity index (χ2v) is 5.11. The Morgan fingerprint density at radius 1 is 1.29 bits per heavy atom. The highest BCUT2D eigenvalue weighted by molar-refractivity contribution is 6.36. The molecule has 1 aliphatic rings. The fraction of sp³-hybridized carbons (Fsp3) is 0.455. The van der Waals surface area contributed by atoms with Crippen LogP contribution in [0.15, 0.2) is 18.2 Å². The van der Waals surface area contributed by atoms with Gasteiger partial charge in [0.05, 0.1) is 0 Å². The minimum absolute atomic E-state index is 0.328. The van der Waals surface area contributed by atoms with Crippen LogP contribution in [0.5, 0.6) is 0 Å². The molecule has 14 heavy (non-hydrogen) atoms. The number of hydrogen-bond acceptors (Lipinski definition) is 1. The van der Waals surface area contributed by atoms with Crippen LogP contribution in [-0.4, -0.2) is 13.1 Å². The molecular weight excluding hydrogens is 217 g/mol. The monoisotopic (exact) mass is 229 g/mol. The summed E-state index contributed by atoms with van der Waals surface area (Å²) in [5.74, 6) is 0. The van der Waals surface area contributed by atoms with Crippen molar-refractivity contribution in [2.24, 2.45) is 5.41 Å². The lowest BCUT2D eigenvalue weighted by molar-refractivity contribution is 0.195. The van der Waals surface area contributed by atoms with E-state index in [4.69, 9.17) is 23.2 Å². The molecule has 0 spiro atoms. The quantitative estimate of drug-likeness (QED) is 0.822. The summed E-state index contributed by atoms with van der Waals surface area (Å²) in [6.45, 7) is 4.35. The predicted octanol–water partition coefficient (Wildman–Crippen LogP) is 3.15. The molecule has 0 aliphatic carbocycles. The Morgan fingerprint density at radius 3 is 2.29 bits per heavy atom. The van der Waals surface area contributed by atoms with E-state index in [-0.39, 0.29) is 0 Å². The molecule has 0 saturated carbocycles. The molecule has 2 rings (SSSR count). The van der Waals surface area contributed by atoms with Gasteiger partial charge in [-0.1, -0.05) is 36.2 Å². The first-order chi connectivity index (χ1) is 6.61. The summed E-state index contributed by atoms with van der Waals surface area (Å²) in [4.78, 5) is 0. The van der Waals surface area contributed by atoms with Crippen LogP contribution >= 0.6 is 23.2 Å². The zero-order chi connectivity index (χ0) is 10.2. The maximum Gasteiger partial charge on any atom is 0.0453 e. The lowest BCUT2D eigenvalue weighted by Crippen LogP contribution is -2.52. The van der Waals surface area contributed by atoms with Crippen molar-refractivity contribution in [1.82, 2.24) is 5.32 Å². The smallest absolute Gasteiger partial charge is 0.0453 e. The average molecular weight is 230 g/mol. The number of nitrogens with one attached hydrogen (secondary N) is 1. The van der Waals surface area contributed by atoms with E-state index in [0.717, 1.165) is 35.1 Å². The number of benzene rings is 1. The van der Waals surface area contributed by atoms with Crippen LogP contribution in [0.1, 0.15) is 12.5 Å². The molecular formula is C11H13Cl2N. The van der Waals surface area contributed by atoms with Gasteiger partial charge in [-0.25, -0.2) is 0 Å². The minimum atomic E-state index is 0.328. The molecule has 1 aromatic rings. The number of halogens is 2. The molecule has 1 heterocycles. The van der Waals surface area contributed by atoms with E-state index in [2.05, 4.69) is 12.2 Å². The molecule has 1 saturated heterocycles. The van der Waals surface area contributed by atoms with Gasteiger partial charge >= 0.3 is 0 Å². The number of hydrogen-bond donors (Lipinski definition) is 1. The van der Waals surface area contributed by atoms with Crippen molar-refractivity contribution in [3.63, 3.8) is 0 Å². The first-order valence-electron chi connectivity index (χ1n) is 4.74. The van der Waals surface area contributed by atoms with Crippen LogP contribution in [-0.2, 0) is 6.42 Å². The molecule has 1 aromatic carbocycles. The first kappa shape index (κ1) is 10.3. The van der Waals surface area contributed by atoms with Gasteiger partial charge in [-0.3, -0.25) is 0 Å². The van der Waals surface area contributed by atoms with Crippen molar-refractivity contribution in [2.75, 3.05) is 13.1 Å². The molecule has 1 nitrogen and oxygen atoms in total. The summed E-state index contributed by atoms with van der Waals surface area (Å²) in [6.07, 6.45) is 0.957. The van der Waals surface area contributed by atoms with E-state index >= 15 is 0 Å². The lowest BCUT2D eigenvalue weighted by Gasteiger charge is -2.39. The van der Waals surface area contributed by atoms with Crippen molar-refractivity contribution in [3.05, 3.63) is 33.8 Å². The largest absolute Gasteiger partial charge is 0.316 e. The highest BCUT2D eigenvalue weighted by atomic mass is 35.5. The summed E-state index contributed by atoms with van der Waals surface area (Å²) in [5, 5.41) is 4.84. The maximum absolute atomic E-state index is 6.11. The Morgan fingerprint density at radius 2 is 1.86 bits per heavy atom. The topological polar surface area (TPSA) is 12.0 Å². The van der Waals surface area contributed by atoms with Crippen molar-refractivity contribution < 1.29 is 0 Å². The molecule has 1 aliphatic heterocycles. The van der Waals surface area contributed by atoms with Crippen LogP contribution in [0, 0.1) is 5.41 Å². The van der Waals surface area contributed by atoms with Gasteiger partial charge in [0.15, 0.2) is 0 Å². The van der Waals surface area contributed by atoms with Crippen molar-refractivity contribution in [1.29, 1.82) is 0 Å². The van der Waals surface area contributed by atoms with E-state index in [1.807, 2.05) is 18.2 Å². The van der Waals surface area contributed by atoms with Gasteiger partial charge in [0, 0.05) is 23.1 Å². The zero-order valence-electron chi connectivity index (χ0n) is 8.11. The van der Waals surface area contributed by atoms with Crippen LogP contribution in [0.2, 0.25) is 10.0 Å². The van der Waals surface area contributed by atoms with E-state index in [1.54, 1.807) is 0 Å². The zero-order valence-corrected chi connectivity index (χ0v) is 9.62. The molecule has 0 amide bonds. The summed E-state index contributed by atoms with van der Waals surface area (Å²) < 4.78 is 0. The molecule has 3 heteroatoms. The van der Waals surface area contributed by atoms with Gasteiger partial charge in [0.1, 0.15) is 0 Å². The predicted molar refractivity (Wildman–Crippen MR) is 61.1 cm³/mol. The summed E-state index contributed by atoms with van der Waals surface area (Å²) in [5.41, 5.74) is 1.41. The highest BCUT2D eigenvalue weighted by Crippen LogP contribution is 2.33. The Balaban J connectivity index is 2.23. The molecule has 0 radical (unpaired) electrons. The fourth-order valence-corrected chi connectivity index (χ4v) is 2.34. The lowest BCUT2D eigenvalue weighted by atomic mass is 9.78. The van der Waals surface area contributed by atoms with Gasteiger partial charge in [-0.15, -0.1) is 0 Å². The van der Waals surface area contributed by atoms with Gasteiger partial charge in [-0.05, 0) is 29.5 Å². The minimum Gasteiger partial charge on any atom is -0.316 e. The van der Waals surface area contributed by atoms with Gasteiger partial charge in [-0.2, -0.15) is 0 Å². The van der Waals surface area contributed by atoms with E-state index in [1.165, 1.54) is 0 Å². The number of rotatable bonds is 2. The maximum atomic E-state index is 6.11. The second kappa shape index (κ2) is 3.73. The molecule has 76 valence electrons. The van der Waals surface area contributed by atoms with Crippen LogP contribution in [0.4, 0.5) is 0 Å². The van der Waals surface area contributed by atoms with E-state index in [9.17, 15) is 0 Å². The van der Waals surface area contributed by atoms with Crippen LogP contribution in [0.25, 0.3) is 0 Å². The fourth-order valence-electron chi connectivity index (χ4n) is 1.80. The Kier molecular flexibility index (Phi) is 2.74. The SMILES string of the molecule is CC1(Cc2c(Cl)cccc2Cl)CNC1. The van der Waals surface area contributed by atoms with Crippen LogP contribution < -0.4 is 5.32 Å². The third-order valence-corrected chi connectivity index (χ3v) is 3.48. The summed E-state index contributed by atoms with van der Waals surface area (Å²) in [6, 6.07) is 5.69. The Hall–Kier alpha value is -0.240. The van der Waals surface area contributed by atoms with Gasteiger partial charge in [0.2, 0.25) is 0 Å². The van der Waals surface area contributed by atoms with Crippen molar-refractivity contribution in [2.45, 2.75) is 13.3 Å². The summed E-state index contributed by atoms with van der Waals surface area (Å²) >= 11 is 12.2. The molecule has 0 unspecified atom stereocenters. The molecule has 1 fully saturated rings. The van der Waals surface area contributed by atoms with Gasteiger partial charge < -0.3 is 5.32 Å². The van der Waals surface area contributed by atoms with Crippen molar-refractivity contribution >= 4 is 23.2 Å². The van der Waals surface area contributed by atoms with Gasteiger partial charge in [0.25, 0.3) is 0 Å². The molecule has 0 atom stereocenters. The third-order valence-electron chi connectivity index (χ3n) is 2.77. The normalized spacial score (nSPS) is 19.1. The standard InChI is InChI=1S/C11H13Cl2N/c1-11(6-14-7-11)5-8-9(12)3-2-4-10(8)13/h2-4,14H,5-7H2,1H3. The first-order valence-corrected chi connectivity index (χ1v) is 5.50. The second-order valence-electron chi connectivity index (χ2n) is 4.29. The summed E-state index contributed by atoms with van der Waals surface area (Å²) in [7, 11) is 0. The Labute approximate surface area is 94.4 Å². The van der Waals surface area contributed by atoms with E-state index < -0.39 is 0 Å². The molecule has 0 bridgehead atoms. The van der Waals surface area contributed by atoms with Crippen LogP contribution in [0.3, 0.4) is 0 Å². The van der Waals surface area contributed by atoms with Crippen molar-refractivity contribution in [3.8, 4) is 0 Å². The molecule has 1 N–H and O–H groups in total. The van der Waals surface area contributed by atoms with E-state index in [0.29, 0.717) is 5.41 Å². The average Bonchev–Trinajstić information content (AvgIpc) is 2.09. The molecule has 0 aromatic heterocycles. The third kappa shape index (κ3) is 1.90. The highest BCUT2D eigenvalue weighted by Gasteiger charge is 2.32. The Bertz CT molecular complexity index is 325.